The van der Waals surface area contributed by atoms with Gasteiger partial charge in [0, 0.05) is 35.4 Å². The summed E-state index contributed by atoms with van der Waals surface area (Å²) in [6.45, 7) is 3.76. The standard InChI is InChI=1S/C17H19BrN4O2/c1-12-3-2-4-17(19-12)21-9-7-14(8-10-21)20-15-11-13(18)5-6-16(15)22(23)24/h2-6,11,14,20H,7-10H2,1H3. The molecule has 0 radical (unpaired) electrons. The minimum absolute atomic E-state index is 0.112. The molecule has 0 spiro atoms. The first-order chi connectivity index (χ1) is 11.5. The van der Waals surface area contributed by atoms with Gasteiger partial charge in [-0.3, -0.25) is 10.1 Å². The molecule has 1 aromatic heterocycles. The molecule has 1 aliphatic rings. The zero-order valence-corrected chi connectivity index (χ0v) is 15.0. The molecule has 1 saturated heterocycles. The number of rotatable bonds is 4. The summed E-state index contributed by atoms with van der Waals surface area (Å²) in [5, 5.41) is 14.5. The minimum atomic E-state index is -0.347. The molecule has 3 rings (SSSR count). The molecule has 1 N–H and O–H groups in total. The molecule has 0 amide bonds. The van der Waals surface area contributed by atoms with Crippen molar-refractivity contribution in [3.8, 4) is 0 Å². The summed E-state index contributed by atoms with van der Waals surface area (Å²) < 4.78 is 0.831. The van der Waals surface area contributed by atoms with Crippen LogP contribution in [0.5, 0.6) is 0 Å². The number of anilines is 2. The Morgan fingerprint density at radius 1 is 1.29 bits per heavy atom. The van der Waals surface area contributed by atoms with Gasteiger partial charge in [0.25, 0.3) is 5.69 Å². The summed E-state index contributed by atoms with van der Waals surface area (Å²) in [4.78, 5) is 17.7. The predicted molar refractivity (Wildman–Crippen MR) is 98.6 cm³/mol. The van der Waals surface area contributed by atoms with Gasteiger partial charge in [0.15, 0.2) is 0 Å². The molecule has 0 unspecified atom stereocenters. The first-order valence-corrected chi connectivity index (χ1v) is 8.71. The number of aryl methyl sites for hydroxylation is 1. The molecular formula is C17H19BrN4O2. The lowest BCUT2D eigenvalue weighted by molar-refractivity contribution is -0.384. The van der Waals surface area contributed by atoms with Crippen LogP contribution in [0, 0.1) is 17.0 Å². The number of hydrogen-bond donors (Lipinski definition) is 1. The van der Waals surface area contributed by atoms with Crippen LogP contribution in [-0.4, -0.2) is 29.0 Å². The highest BCUT2D eigenvalue weighted by Gasteiger charge is 2.23. The van der Waals surface area contributed by atoms with E-state index in [0.29, 0.717) is 5.69 Å². The van der Waals surface area contributed by atoms with Gasteiger partial charge in [-0.25, -0.2) is 4.98 Å². The van der Waals surface area contributed by atoms with E-state index < -0.39 is 0 Å². The SMILES string of the molecule is Cc1cccc(N2CCC(Nc3cc(Br)ccc3[N+](=O)[O-])CC2)n1. The van der Waals surface area contributed by atoms with Crippen LogP contribution in [-0.2, 0) is 0 Å². The second-order valence-corrected chi connectivity index (χ2v) is 6.88. The van der Waals surface area contributed by atoms with Gasteiger partial charge >= 0.3 is 0 Å². The summed E-state index contributed by atoms with van der Waals surface area (Å²) in [6, 6.07) is 11.2. The molecule has 1 aliphatic heterocycles. The molecule has 2 heterocycles. The van der Waals surface area contributed by atoms with E-state index in [4.69, 9.17) is 0 Å². The summed E-state index contributed by atoms with van der Waals surface area (Å²) in [5.41, 5.74) is 1.69. The summed E-state index contributed by atoms with van der Waals surface area (Å²) in [7, 11) is 0. The number of hydrogen-bond acceptors (Lipinski definition) is 5. The first kappa shape index (κ1) is 16.7. The Hall–Kier alpha value is -2.15. The third-order valence-electron chi connectivity index (χ3n) is 4.21. The molecule has 24 heavy (non-hydrogen) atoms. The van der Waals surface area contributed by atoms with Crippen LogP contribution in [0.4, 0.5) is 17.2 Å². The van der Waals surface area contributed by atoms with E-state index in [2.05, 4.69) is 31.1 Å². The second-order valence-electron chi connectivity index (χ2n) is 5.96. The van der Waals surface area contributed by atoms with Gasteiger partial charge in [-0.15, -0.1) is 0 Å². The number of nitro groups is 1. The van der Waals surface area contributed by atoms with Crippen molar-refractivity contribution in [2.24, 2.45) is 0 Å². The fourth-order valence-corrected chi connectivity index (χ4v) is 3.32. The molecule has 1 fully saturated rings. The maximum Gasteiger partial charge on any atom is 0.292 e. The van der Waals surface area contributed by atoms with Gasteiger partial charge in [-0.2, -0.15) is 0 Å². The van der Waals surface area contributed by atoms with Gasteiger partial charge in [0.2, 0.25) is 0 Å². The largest absolute Gasteiger partial charge is 0.377 e. The summed E-state index contributed by atoms with van der Waals surface area (Å²) in [6.07, 6.45) is 1.83. The third-order valence-corrected chi connectivity index (χ3v) is 4.70. The molecule has 6 nitrogen and oxygen atoms in total. The maximum atomic E-state index is 11.2. The lowest BCUT2D eigenvalue weighted by Crippen LogP contribution is -2.39. The van der Waals surface area contributed by atoms with Crippen LogP contribution in [0.2, 0.25) is 0 Å². The fourth-order valence-electron chi connectivity index (χ4n) is 2.96. The summed E-state index contributed by atoms with van der Waals surface area (Å²) >= 11 is 3.38. The first-order valence-electron chi connectivity index (χ1n) is 7.92. The Balaban J connectivity index is 1.66. The number of pyridine rings is 1. The average molecular weight is 391 g/mol. The van der Waals surface area contributed by atoms with Crippen molar-refractivity contribution < 1.29 is 4.92 Å². The molecular weight excluding hydrogens is 372 g/mol. The monoisotopic (exact) mass is 390 g/mol. The highest BCUT2D eigenvalue weighted by atomic mass is 79.9. The van der Waals surface area contributed by atoms with Crippen LogP contribution in [0.15, 0.2) is 40.9 Å². The van der Waals surface area contributed by atoms with Gasteiger partial charge in [-0.05, 0) is 44.0 Å². The molecule has 0 atom stereocenters. The van der Waals surface area contributed by atoms with Gasteiger partial charge in [0.1, 0.15) is 11.5 Å². The third kappa shape index (κ3) is 3.84. The normalized spacial score (nSPS) is 15.3. The molecule has 1 aromatic carbocycles. The number of benzene rings is 1. The Morgan fingerprint density at radius 3 is 2.71 bits per heavy atom. The van der Waals surface area contributed by atoms with Crippen molar-refractivity contribution in [3.63, 3.8) is 0 Å². The quantitative estimate of drug-likeness (QED) is 0.627. The number of aromatic nitrogens is 1. The molecule has 0 saturated carbocycles. The van der Waals surface area contributed by atoms with Gasteiger partial charge in [-0.1, -0.05) is 22.0 Å². The van der Waals surface area contributed by atoms with Crippen LogP contribution in [0.25, 0.3) is 0 Å². The van der Waals surface area contributed by atoms with E-state index in [-0.39, 0.29) is 16.7 Å². The van der Waals surface area contributed by atoms with Crippen LogP contribution < -0.4 is 10.2 Å². The van der Waals surface area contributed by atoms with Gasteiger partial charge < -0.3 is 10.2 Å². The van der Waals surface area contributed by atoms with E-state index in [1.807, 2.05) is 25.1 Å². The molecule has 126 valence electrons. The molecule has 0 aliphatic carbocycles. The van der Waals surface area contributed by atoms with Crippen molar-refractivity contribution in [2.75, 3.05) is 23.3 Å². The van der Waals surface area contributed by atoms with Crippen molar-refractivity contribution >= 4 is 33.1 Å². The lowest BCUT2D eigenvalue weighted by atomic mass is 10.0. The lowest BCUT2D eigenvalue weighted by Gasteiger charge is -2.33. The highest BCUT2D eigenvalue weighted by Crippen LogP contribution is 2.30. The fraction of sp³-hybridized carbons (Fsp3) is 0.353. The van der Waals surface area contributed by atoms with E-state index in [1.54, 1.807) is 12.1 Å². The Kier molecular flexibility index (Phi) is 4.99. The van der Waals surface area contributed by atoms with E-state index in [0.717, 1.165) is 41.9 Å². The van der Waals surface area contributed by atoms with Crippen LogP contribution in [0.1, 0.15) is 18.5 Å². The minimum Gasteiger partial charge on any atom is -0.377 e. The number of piperidine rings is 1. The Morgan fingerprint density at radius 2 is 2.04 bits per heavy atom. The molecule has 7 heteroatoms. The molecule has 2 aromatic rings. The Bertz CT molecular complexity index is 745. The second kappa shape index (κ2) is 7.17. The van der Waals surface area contributed by atoms with E-state index >= 15 is 0 Å². The smallest absolute Gasteiger partial charge is 0.292 e. The van der Waals surface area contributed by atoms with E-state index in [1.165, 1.54) is 6.07 Å². The van der Waals surface area contributed by atoms with Crippen LogP contribution >= 0.6 is 15.9 Å². The van der Waals surface area contributed by atoms with Crippen molar-refractivity contribution in [1.29, 1.82) is 0 Å². The predicted octanol–water partition coefficient (Wildman–Crippen LogP) is 4.14. The van der Waals surface area contributed by atoms with Crippen molar-refractivity contribution in [2.45, 2.75) is 25.8 Å². The topological polar surface area (TPSA) is 71.3 Å². The zero-order chi connectivity index (χ0) is 17.1. The van der Waals surface area contributed by atoms with Crippen molar-refractivity contribution in [3.05, 3.63) is 56.7 Å². The summed E-state index contributed by atoms with van der Waals surface area (Å²) in [5.74, 6) is 1.00. The van der Waals surface area contributed by atoms with E-state index in [9.17, 15) is 10.1 Å². The van der Waals surface area contributed by atoms with Gasteiger partial charge in [0.05, 0.1) is 4.92 Å². The van der Waals surface area contributed by atoms with Crippen LogP contribution in [0.3, 0.4) is 0 Å². The average Bonchev–Trinajstić information content (AvgIpc) is 2.55. The number of nitrogens with zero attached hydrogens (tertiary/aromatic N) is 3. The van der Waals surface area contributed by atoms with Crippen molar-refractivity contribution in [1.82, 2.24) is 4.98 Å². The maximum absolute atomic E-state index is 11.2. The zero-order valence-electron chi connectivity index (χ0n) is 13.4. The number of nitro benzene ring substituents is 1. The molecule has 0 bridgehead atoms. The number of nitrogens with one attached hydrogen (secondary N) is 1. The highest BCUT2D eigenvalue weighted by molar-refractivity contribution is 9.10. The Labute approximate surface area is 149 Å². The number of halogens is 1.